The molecule has 4 rings (SSSR count). The van der Waals surface area contributed by atoms with Gasteiger partial charge in [0.2, 0.25) is 5.91 Å². The molecule has 0 aromatic heterocycles. The Bertz CT molecular complexity index is 891. The van der Waals surface area contributed by atoms with Gasteiger partial charge in [0.25, 0.3) is 0 Å². The molecule has 1 atom stereocenters. The van der Waals surface area contributed by atoms with Crippen LogP contribution in [0, 0.1) is 17.2 Å². The van der Waals surface area contributed by atoms with E-state index in [-0.39, 0.29) is 17.2 Å². The Hall–Kier alpha value is -2.64. The lowest BCUT2D eigenvalue weighted by Crippen LogP contribution is -2.43. The number of benzene rings is 2. The van der Waals surface area contributed by atoms with Crippen molar-refractivity contribution in [3.05, 3.63) is 71.8 Å². The van der Waals surface area contributed by atoms with Crippen LogP contribution in [-0.4, -0.2) is 37.0 Å². The Morgan fingerprint density at radius 1 is 1.03 bits per heavy atom. The molecule has 0 radical (unpaired) electrons. The van der Waals surface area contributed by atoms with Gasteiger partial charge in [-0.1, -0.05) is 73.5 Å². The van der Waals surface area contributed by atoms with Crippen molar-refractivity contribution in [2.75, 3.05) is 26.2 Å². The van der Waals surface area contributed by atoms with Crippen molar-refractivity contribution in [2.45, 2.75) is 56.3 Å². The van der Waals surface area contributed by atoms with Crippen LogP contribution in [0.3, 0.4) is 0 Å². The molecule has 32 heavy (non-hydrogen) atoms. The summed E-state index contributed by atoms with van der Waals surface area (Å²) < 4.78 is 0. The maximum Gasteiger partial charge on any atom is 0.227 e. The van der Waals surface area contributed by atoms with Crippen LogP contribution in [0.1, 0.15) is 62.0 Å². The summed E-state index contributed by atoms with van der Waals surface area (Å²) in [7, 11) is 0. The maximum absolute atomic E-state index is 13.1. The molecular weight excluding hydrogens is 394 g/mol. The fraction of sp³-hybridized carbons (Fsp3) is 0.500. The maximum atomic E-state index is 13.1. The van der Waals surface area contributed by atoms with Gasteiger partial charge in [-0.2, -0.15) is 5.26 Å². The van der Waals surface area contributed by atoms with Crippen LogP contribution in [0.4, 0.5) is 0 Å². The Morgan fingerprint density at radius 2 is 1.66 bits per heavy atom. The zero-order valence-corrected chi connectivity index (χ0v) is 19.0. The molecule has 0 unspecified atom stereocenters. The number of hydrogen-bond donors (Lipinski definition) is 1. The number of likely N-dealkylation sites (tertiary alicyclic amines) is 1. The number of rotatable bonds is 8. The van der Waals surface area contributed by atoms with Gasteiger partial charge in [0.05, 0.1) is 17.4 Å². The molecule has 2 aromatic carbocycles. The van der Waals surface area contributed by atoms with E-state index in [2.05, 4.69) is 40.6 Å². The molecular formula is C28H35N3O. The molecule has 0 spiro atoms. The molecule has 0 bridgehead atoms. The Labute approximate surface area is 192 Å². The molecule has 1 saturated heterocycles. The number of nitrogens with one attached hydrogen (secondary N) is 1. The van der Waals surface area contributed by atoms with Crippen molar-refractivity contribution in [2.24, 2.45) is 5.92 Å². The van der Waals surface area contributed by atoms with E-state index in [9.17, 15) is 10.1 Å². The van der Waals surface area contributed by atoms with Crippen LogP contribution >= 0.6 is 0 Å². The van der Waals surface area contributed by atoms with Crippen molar-refractivity contribution < 1.29 is 4.79 Å². The van der Waals surface area contributed by atoms with Crippen LogP contribution in [0.15, 0.2) is 60.7 Å². The number of nitrogens with zero attached hydrogens (tertiary/aromatic N) is 2. The Morgan fingerprint density at radius 3 is 2.28 bits per heavy atom. The van der Waals surface area contributed by atoms with Crippen molar-refractivity contribution in [1.29, 1.82) is 5.26 Å². The molecule has 1 aliphatic carbocycles. The zero-order valence-electron chi connectivity index (χ0n) is 19.0. The summed E-state index contributed by atoms with van der Waals surface area (Å²) in [5, 5.41) is 13.1. The van der Waals surface area contributed by atoms with Crippen molar-refractivity contribution in [3.8, 4) is 6.07 Å². The van der Waals surface area contributed by atoms with E-state index in [4.69, 9.17) is 0 Å². The molecule has 4 nitrogen and oxygen atoms in total. The van der Waals surface area contributed by atoms with Gasteiger partial charge in [-0.15, -0.1) is 0 Å². The summed E-state index contributed by atoms with van der Waals surface area (Å²) in [4.78, 5) is 15.5. The summed E-state index contributed by atoms with van der Waals surface area (Å²) in [6, 6.07) is 23.1. The smallest absolute Gasteiger partial charge is 0.227 e. The lowest BCUT2D eigenvalue weighted by Gasteiger charge is -2.37. The summed E-state index contributed by atoms with van der Waals surface area (Å²) in [5.41, 5.74) is 1.95. The van der Waals surface area contributed by atoms with E-state index >= 15 is 0 Å². The number of piperidine rings is 1. The minimum Gasteiger partial charge on any atom is -0.356 e. The highest BCUT2D eigenvalue weighted by Crippen LogP contribution is 2.37. The monoisotopic (exact) mass is 429 g/mol. The van der Waals surface area contributed by atoms with Gasteiger partial charge in [-0.05, 0) is 68.8 Å². The third kappa shape index (κ3) is 5.22. The normalized spacial score (nSPS) is 19.8. The van der Waals surface area contributed by atoms with E-state index in [0.717, 1.165) is 62.9 Å². The zero-order chi connectivity index (χ0) is 22.2. The SMILES string of the molecule is N#CC1(c2ccccc2)CCN(CCCNC(=O)[C@H](c2ccccc2)C2CCCC2)CC1. The predicted molar refractivity (Wildman–Crippen MR) is 128 cm³/mol. The number of carbonyl (C=O) groups is 1. The van der Waals surface area contributed by atoms with Crippen molar-refractivity contribution in [3.63, 3.8) is 0 Å². The fourth-order valence-corrected chi connectivity index (χ4v) is 5.59. The van der Waals surface area contributed by atoms with E-state index in [1.807, 2.05) is 36.4 Å². The molecule has 2 aromatic rings. The molecule has 1 saturated carbocycles. The first kappa shape index (κ1) is 22.6. The van der Waals surface area contributed by atoms with Gasteiger partial charge in [-0.3, -0.25) is 4.79 Å². The van der Waals surface area contributed by atoms with Gasteiger partial charge in [0, 0.05) is 6.54 Å². The summed E-state index contributed by atoms with van der Waals surface area (Å²) in [6.07, 6.45) is 7.48. The van der Waals surface area contributed by atoms with E-state index < -0.39 is 0 Å². The Balaban J connectivity index is 1.24. The molecule has 1 heterocycles. The fourth-order valence-electron chi connectivity index (χ4n) is 5.59. The predicted octanol–water partition coefficient (Wildman–Crippen LogP) is 5.02. The summed E-state index contributed by atoms with van der Waals surface area (Å²) in [5.74, 6) is 0.640. The molecule has 2 fully saturated rings. The van der Waals surface area contributed by atoms with Gasteiger partial charge in [0.15, 0.2) is 0 Å². The molecule has 1 N–H and O–H groups in total. The standard InChI is InChI=1S/C28H35N3O/c29-22-28(25-14-5-2-6-15-25)16-20-31(21-17-28)19-9-18-30-27(32)26(24-12-7-8-13-24)23-10-3-1-4-11-23/h1-6,10-11,14-15,24,26H,7-9,12-13,16-21H2,(H,30,32)/t26-/m1/s1. The number of nitriles is 1. The topological polar surface area (TPSA) is 56.1 Å². The van der Waals surface area contributed by atoms with Crippen molar-refractivity contribution in [1.82, 2.24) is 10.2 Å². The number of carbonyl (C=O) groups excluding carboxylic acids is 1. The largest absolute Gasteiger partial charge is 0.356 e. The van der Waals surface area contributed by atoms with E-state index in [0.29, 0.717) is 12.5 Å². The van der Waals surface area contributed by atoms with E-state index in [1.54, 1.807) is 0 Å². The Kier molecular flexibility index (Phi) is 7.60. The first-order valence-corrected chi connectivity index (χ1v) is 12.2. The quantitative estimate of drug-likeness (QED) is 0.599. The van der Waals surface area contributed by atoms with Gasteiger partial charge >= 0.3 is 0 Å². The number of hydrogen-bond acceptors (Lipinski definition) is 3. The van der Waals surface area contributed by atoms with Gasteiger partial charge in [0.1, 0.15) is 0 Å². The summed E-state index contributed by atoms with van der Waals surface area (Å²) in [6.45, 7) is 3.56. The van der Waals surface area contributed by atoms with E-state index in [1.165, 1.54) is 12.8 Å². The highest BCUT2D eigenvalue weighted by Gasteiger charge is 2.36. The summed E-state index contributed by atoms with van der Waals surface area (Å²) >= 11 is 0. The third-order valence-corrected chi connectivity index (χ3v) is 7.51. The second-order valence-electron chi connectivity index (χ2n) is 9.48. The highest BCUT2D eigenvalue weighted by molar-refractivity contribution is 5.84. The van der Waals surface area contributed by atoms with Crippen molar-refractivity contribution >= 4 is 5.91 Å². The molecule has 168 valence electrons. The average molecular weight is 430 g/mol. The number of amides is 1. The minimum atomic E-state index is -0.351. The first-order valence-electron chi connectivity index (χ1n) is 12.2. The minimum absolute atomic E-state index is 0.0178. The van der Waals surface area contributed by atoms with Gasteiger partial charge in [-0.25, -0.2) is 0 Å². The van der Waals surface area contributed by atoms with Crippen LogP contribution in [0.5, 0.6) is 0 Å². The average Bonchev–Trinajstić information content (AvgIpc) is 3.38. The van der Waals surface area contributed by atoms with Crippen LogP contribution < -0.4 is 5.32 Å². The lowest BCUT2D eigenvalue weighted by atomic mass is 9.74. The lowest BCUT2D eigenvalue weighted by molar-refractivity contribution is -0.123. The molecule has 2 aliphatic rings. The molecule has 4 heteroatoms. The molecule has 1 aliphatic heterocycles. The van der Waals surface area contributed by atoms with Crippen LogP contribution in [-0.2, 0) is 10.2 Å². The van der Waals surface area contributed by atoms with Crippen LogP contribution in [0.2, 0.25) is 0 Å². The first-order chi connectivity index (χ1) is 15.7. The second kappa shape index (κ2) is 10.8. The second-order valence-corrected chi connectivity index (χ2v) is 9.48. The molecule has 1 amide bonds. The van der Waals surface area contributed by atoms with Gasteiger partial charge < -0.3 is 10.2 Å². The highest BCUT2D eigenvalue weighted by atomic mass is 16.1. The van der Waals surface area contributed by atoms with Crippen LogP contribution in [0.25, 0.3) is 0 Å². The third-order valence-electron chi connectivity index (χ3n) is 7.51.